The highest BCUT2D eigenvalue weighted by Gasteiger charge is 2.10. The predicted octanol–water partition coefficient (Wildman–Crippen LogP) is 1.36. The van der Waals surface area contributed by atoms with Gasteiger partial charge in [0.05, 0.1) is 11.7 Å². The summed E-state index contributed by atoms with van der Waals surface area (Å²) in [6.45, 7) is 0. The van der Waals surface area contributed by atoms with Gasteiger partial charge in [-0.3, -0.25) is 0 Å². The van der Waals surface area contributed by atoms with E-state index in [9.17, 15) is 0 Å². The van der Waals surface area contributed by atoms with Gasteiger partial charge in [-0.1, -0.05) is 6.07 Å². The van der Waals surface area contributed by atoms with Crippen LogP contribution in [0.4, 0.5) is 0 Å². The van der Waals surface area contributed by atoms with Crippen LogP contribution < -0.4 is 5.73 Å². The van der Waals surface area contributed by atoms with Gasteiger partial charge in [0.2, 0.25) is 0 Å². The Labute approximate surface area is 82.5 Å². The van der Waals surface area contributed by atoms with Gasteiger partial charge in [-0.2, -0.15) is 5.10 Å². The summed E-state index contributed by atoms with van der Waals surface area (Å²) in [5.74, 6) is 2.56. The highest BCUT2D eigenvalue weighted by molar-refractivity contribution is 5.54. The fraction of sp³-hybridized carbons (Fsp3) is 0.182. The van der Waals surface area contributed by atoms with E-state index in [0.29, 0.717) is 6.42 Å². The summed E-state index contributed by atoms with van der Waals surface area (Å²) in [7, 11) is 0. The molecule has 2 aromatic heterocycles. The van der Waals surface area contributed by atoms with Crippen molar-refractivity contribution >= 4 is 5.52 Å². The number of rotatable bonds is 2. The molecular weight excluding hydrogens is 174 g/mol. The number of pyridine rings is 1. The molecule has 2 rings (SSSR count). The van der Waals surface area contributed by atoms with Gasteiger partial charge in [0, 0.05) is 24.2 Å². The Morgan fingerprint density at radius 3 is 3.21 bits per heavy atom. The van der Waals surface area contributed by atoms with E-state index in [1.54, 1.807) is 10.7 Å². The normalized spacial score (nSPS) is 12.6. The monoisotopic (exact) mass is 185 g/mol. The van der Waals surface area contributed by atoms with Crippen molar-refractivity contribution in [3.05, 3.63) is 36.2 Å². The van der Waals surface area contributed by atoms with Gasteiger partial charge in [0.25, 0.3) is 0 Å². The van der Waals surface area contributed by atoms with E-state index < -0.39 is 0 Å². The summed E-state index contributed by atoms with van der Waals surface area (Å²) in [6.07, 6.45) is 9.43. The summed E-state index contributed by atoms with van der Waals surface area (Å²) in [6, 6.07) is 5.75. The molecule has 70 valence electrons. The number of hydrogen-bond acceptors (Lipinski definition) is 2. The Kier molecular flexibility index (Phi) is 2.21. The number of nitrogens with two attached hydrogens (primary N) is 1. The molecule has 0 bridgehead atoms. The van der Waals surface area contributed by atoms with E-state index >= 15 is 0 Å². The quantitative estimate of drug-likeness (QED) is 0.718. The van der Waals surface area contributed by atoms with Crippen molar-refractivity contribution in [1.29, 1.82) is 0 Å². The maximum atomic E-state index is 5.92. The lowest BCUT2D eigenvalue weighted by atomic mass is 10.1. The lowest BCUT2D eigenvalue weighted by Gasteiger charge is -2.05. The van der Waals surface area contributed by atoms with E-state index in [1.165, 1.54) is 0 Å². The number of terminal acetylenes is 1. The molecule has 2 aromatic rings. The number of hydrogen-bond donors (Lipinski definition) is 1. The fourth-order valence-electron chi connectivity index (χ4n) is 1.48. The van der Waals surface area contributed by atoms with Crippen LogP contribution in [0.2, 0.25) is 0 Å². The molecule has 0 aromatic carbocycles. The first-order chi connectivity index (χ1) is 6.83. The highest BCUT2D eigenvalue weighted by Crippen LogP contribution is 2.18. The lowest BCUT2D eigenvalue weighted by Crippen LogP contribution is -2.08. The van der Waals surface area contributed by atoms with Crippen LogP contribution in [0.5, 0.6) is 0 Å². The van der Waals surface area contributed by atoms with Gasteiger partial charge in [-0.15, -0.1) is 12.3 Å². The first-order valence-electron chi connectivity index (χ1n) is 4.44. The summed E-state index contributed by atoms with van der Waals surface area (Å²) in [4.78, 5) is 0. The zero-order chi connectivity index (χ0) is 9.97. The van der Waals surface area contributed by atoms with Crippen molar-refractivity contribution in [2.24, 2.45) is 5.73 Å². The van der Waals surface area contributed by atoms with Gasteiger partial charge in [-0.05, 0) is 12.1 Å². The largest absolute Gasteiger partial charge is 0.323 e. The maximum absolute atomic E-state index is 5.92. The predicted molar refractivity (Wildman–Crippen MR) is 55.6 cm³/mol. The number of nitrogens with zero attached hydrogens (tertiary/aromatic N) is 2. The molecule has 1 atom stereocenters. The van der Waals surface area contributed by atoms with Crippen molar-refractivity contribution in [3.8, 4) is 12.3 Å². The Morgan fingerprint density at radius 1 is 1.57 bits per heavy atom. The first kappa shape index (κ1) is 8.79. The van der Waals surface area contributed by atoms with E-state index in [4.69, 9.17) is 12.2 Å². The first-order valence-corrected chi connectivity index (χ1v) is 4.44. The van der Waals surface area contributed by atoms with Crippen LogP contribution in [-0.2, 0) is 0 Å². The van der Waals surface area contributed by atoms with Crippen LogP contribution in [0.1, 0.15) is 18.0 Å². The standard InChI is InChI=1S/C11H11N3/c1-2-5-10(12)9-8-13-14-7-4-3-6-11(9)14/h1,3-4,6-8,10H,5,12H2. The Morgan fingerprint density at radius 2 is 2.43 bits per heavy atom. The Hall–Kier alpha value is -1.79. The highest BCUT2D eigenvalue weighted by atomic mass is 15.2. The lowest BCUT2D eigenvalue weighted by molar-refractivity contribution is 0.761. The minimum absolute atomic E-state index is 0.125. The molecule has 0 spiro atoms. The second-order valence-electron chi connectivity index (χ2n) is 3.15. The van der Waals surface area contributed by atoms with Crippen LogP contribution in [0, 0.1) is 12.3 Å². The minimum Gasteiger partial charge on any atom is -0.323 e. The van der Waals surface area contributed by atoms with Crippen LogP contribution in [-0.4, -0.2) is 9.61 Å². The molecule has 2 N–H and O–H groups in total. The van der Waals surface area contributed by atoms with Crippen LogP contribution >= 0.6 is 0 Å². The van der Waals surface area contributed by atoms with Gasteiger partial charge in [-0.25, -0.2) is 4.52 Å². The van der Waals surface area contributed by atoms with Gasteiger partial charge < -0.3 is 5.73 Å². The average molecular weight is 185 g/mol. The van der Waals surface area contributed by atoms with Crippen molar-refractivity contribution in [3.63, 3.8) is 0 Å². The van der Waals surface area contributed by atoms with Crippen molar-refractivity contribution in [1.82, 2.24) is 9.61 Å². The molecule has 3 heteroatoms. The van der Waals surface area contributed by atoms with E-state index in [1.807, 2.05) is 24.4 Å². The smallest absolute Gasteiger partial charge is 0.0709 e. The van der Waals surface area contributed by atoms with Crippen LogP contribution in [0.3, 0.4) is 0 Å². The topological polar surface area (TPSA) is 43.3 Å². The molecule has 0 amide bonds. The third-order valence-electron chi connectivity index (χ3n) is 2.19. The maximum Gasteiger partial charge on any atom is 0.0709 e. The molecule has 1 unspecified atom stereocenters. The third-order valence-corrected chi connectivity index (χ3v) is 2.19. The van der Waals surface area contributed by atoms with E-state index in [-0.39, 0.29) is 6.04 Å². The SMILES string of the molecule is C#CCC(N)c1cnn2ccccc12. The number of fused-ring (bicyclic) bond motifs is 1. The van der Waals surface area contributed by atoms with E-state index in [2.05, 4.69) is 11.0 Å². The third kappa shape index (κ3) is 1.36. The Bertz CT molecular complexity index is 478. The van der Waals surface area contributed by atoms with Gasteiger partial charge in [0.15, 0.2) is 0 Å². The minimum atomic E-state index is -0.125. The number of aromatic nitrogens is 2. The van der Waals surface area contributed by atoms with Gasteiger partial charge >= 0.3 is 0 Å². The zero-order valence-corrected chi connectivity index (χ0v) is 7.72. The second kappa shape index (κ2) is 3.52. The molecule has 0 aliphatic carbocycles. The molecule has 14 heavy (non-hydrogen) atoms. The van der Waals surface area contributed by atoms with E-state index in [0.717, 1.165) is 11.1 Å². The molecule has 0 radical (unpaired) electrons. The summed E-state index contributed by atoms with van der Waals surface area (Å²) in [5.41, 5.74) is 7.95. The molecule has 2 heterocycles. The molecule has 3 nitrogen and oxygen atoms in total. The summed E-state index contributed by atoms with van der Waals surface area (Å²) >= 11 is 0. The molecular formula is C11H11N3. The molecule has 0 aliphatic rings. The molecule has 0 saturated heterocycles. The molecule has 0 saturated carbocycles. The summed E-state index contributed by atoms with van der Waals surface area (Å²) in [5, 5.41) is 4.19. The summed E-state index contributed by atoms with van der Waals surface area (Å²) < 4.78 is 1.80. The van der Waals surface area contributed by atoms with Crippen molar-refractivity contribution in [2.45, 2.75) is 12.5 Å². The molecule has 0 fully saturated rings. The Balaban J connectivity index is 2.48. The fourth-order valence-corrected chi connectivity index (χ4v) is 1.48. The van der Waals surface area contributed by atoms with Crippen LogP contribution in [0.25, 0.3) is 5.52 Å². The average Bonchev–Trinajstić information content (AvgIpc) is 2.61. The van der Waals surface area contributed by atoms with Crippen molar-refractivity contribution < 1.29 is 0 Å². The second-order valence-corrected chi connectivity index (χ2v) is 3.15. The zero-order valence-electron chi connectivity index (χ0n) is 7.72. The van der Waals surface area contributed by atoms with Gasteiger partial charge in [0.1, 0.15) is 0 Å². The van der Waals surface area contributed by atoms with Crippen LogP contribution in [0.15, 0.2) is 30.6 Å². The molecule has 0 aliphatic heterocycles. The van der Waals surface area contributed by atoms with Crippen molar-refractivity contribution in [2.75, 3.05) is 0 Å².